The van der Waals surface area contributed by atoms with Gasteiger partial charge in [-0.25, -0.2) is 0 Å². The lowest BCUT2D eigenvalue weighted by molar-refractivity contribution is -0.0257. The number of aliphatic hydroxyl groups excluding tert-OH is 1. The van der Waals surface area contributed by atoms with Crippen LogP contribution in [0.1, 0.15) is 44.1 Å². The van der Waals surface area contributed by atoms with Gasteiger partial charge in [-0.05, 0) is 68.3 Å². The van der Waals surface area contributed by atoms with E-state index in [1.165, 1.54) is 44.1 Å². The van der Waals surface area contributed by atoms with Crippen molar-refractivity contribution in [2.24, 2.45) is 23.5 Å². The zero-order valence-electron chi connectivity index (χ0n) is 14.8. The van der Waals surface area contributed by atoms with Gasteiger partial charge in [0.15, 0.2) is 0 Å². The predicted octanol–water partition coefficient (Wildman–Crippen LogP) is 3.32. The lowest BCUT2D eigenvalue weighted by Crippen LogP contribution is -2.60. The molecule has 0 spiro atoms. The molecule has 0 amide bonds. The van der Waals surface area contributed by atoms with Crippen LogP contribution < -0.4 is 11.1 Å². The molecule has 5 rings (SSSR count). The van der Waals surface area contributed by atoms with Gasteiger partial charge in [-0.15, -0.1) is 24.8 Å². The number of rotatable bonds is 6. The SMILES string of the molecule is Cl.Cl.N[C@@H](Cc1ccccc1)[C@H](O)CNC12CC3CC(CC(C3)C1)C2. The third-order valence-electron chi connectivity index (χ3n) is 6.53. The van der Waals surface area contributed by atoms with Crippen LogP contribution in [0.15, 0.2) is 30.3 Å². The second kappa shape index (κ2) is 8.58. The second-order valence-corrected chi connectivity index (χ2v) is 8.50. The average molecular weight is 387 g/mol. The minimum absolute atomic E-state index is 0. The van der Waals surface area contributed by atoms with Gasteiger partial charge >= 0.3 is 0 Å². The van der Waals surface area contributed by atoms with E-state index < -0.39 is 6.10 Å². The van der Waals surface area contributed by atoms with Crippen LogP contribution in [0.2, 0.25) is 0 Å². The first-order valence-corrected chi connectivity index (χ1v) is 9.34. The van der Waals surface area contributed by atoms with Gasteiger partial charge in [0.05, 0.1) is 6.10 Å². The standard InChI is InChI=1S/C20H30N2O.2ClH/c21-18(9-14-4-2-1-3-5-14)19(23)13-22-20-10-15-6-16(11-20)8-17(7-15)12-20;;/h1-5,15-19,22-23H,6-13,21H2;2*1H/t15?,16?,17?,18-,19+,20?;;/m0../s1. The summed E-state index contributed by atoms with van der Waals surface area (Å²) in [6.45, 7) is 0.639. The maximum atomic E-state index is 10.5. The van der Waals surface area contributed by atoms with Gasteiger partial charge in [0.25, 0.3) is 0 Å². The molecule has 0 saturated heterocycles. The Morgan fingerprint density at radius 1 is 1.00 bits per heavy atom. The number of halogens is 2. The minimum atomic E-state index is -0.469. The molecule has 4 bridgehead atoms. The quantitative estimate of drug-likeness (QED) is 0.702. The summed E-state index contributed by atoms with van der Waals surface area (Å²) in [7, 11) is 0. The van der Waals surface area contributed by atoms with E-state index in [2.05, 4.69) is 17.4 Å². The van der Waals surface area contributed by atoms with Crippen LogP contribution in [0, 0.1) is 17.8 Å². The van der Waals surface area contributed by atoms with Crippen LogP contribution in [0.3, 0.4) is 0 Å². The van der Waals surface area contributed by atoms with Crippen LogP contribution in [-0.4, -0.2) is 29.3 Å². The average Bonchev–Trinajstić information content (AvgIpc) is 2.52. The molecular formula is C20H32Cl2N2O. The highest BCUT2D eigenvalue weighted by atomic mass is 35.5. The summed E-state index contributed by atoms with van der Waals surface area (Å²) in [4.78, 5) is 0. The predicted molar refractivity (Wildman–Crippen MR) is 108 cm³/mol. The van der Waals surface area contributed by atoms with Crippen molar-refractivity contribution in [1.29, 1.82) is 0 Å². The second-order valence-electron chi connectivity index (χ2n) is 8.50. The highest BCUT2D eigenvalue weighted by Gasteiger charge is 2.50. The Balaban J connectivity index is 0.00000113. The molecule has 5 heteroatoms. The molecule has 0 radical (unpaired) electrons. The van der Waals surface area contributed by atoms with Gasteiger partial charge in [-0.2, -0.15) is 0 Å². The Labute approximate surface area is 164 Å². The number of hydrogen-bond donors (Lipinski definition) is 3. The number of aliphatic hydroxyl groups is 1. The summed E-state index contributed by atoms with van der Waals surface area (Å²) in [6.07, 6.45) is 8.59. The van der Waals surface area contributed by atoms with E-state index in [1.807, 2.05) is 18.2 Å². The molecule has 25 heavy (non-hydrogen) atoms. The topological polar surface area (TPSA) is 58.3 Å². The maximum Gasteiger partial charge on any atom is 0.0818 e. The molecule has 3 nitrogen and oxygen atoms in total. The maximum absolute atomic E-state index is 10.5. The summed E-state index contributed by atoms with van der Waals surface area (Å²) in [6, 6.07) is 10.0. The minimum Gasteiger partial charge on any atom is -0.390 e. The fourth-order valence-corrected chi connectivity index (χ4v) is 5.82. The summed E-state index contributed by atoms with van der Waals surface area (Å²) in [5, 5.41) is 14.3. The molecule has 4 N–H and O–H groups in total. The first-order chi connectivity index (χ1) is 11.1. The van der Waals surface area contributed by atoms with Crippen LogP contribution in [0.4, 0.5) is 0 Å². The van der Waals surface area contributed by atoms with Crippen molar-refractivity contribution in [2.45, 2.75) is 62.6 Å². The smallest absolute Gasteiger partial charge is 0.0818 e. The molecule has 4 aliphatic carbocycles. The molecule has 1 aromatic carbocycles. The Hall–Kier alpha value is -0.320. The molecule has 0 heterocycles. The Morgan fingerprint density at radius 2 is 1.52 bits per heavy atom. The van der Waals surface area contributed by atoms with E-state index in [9.17, 15) is 5.11 Å². The summed E-state index contributed by atoms with van der Waals surface area (Å²) < 4.78 is 0. The molecule has 1 aromatic rings. The molecule has 4 saturated carbocycles. The molecule has 4 fully saturated rings. The molecule has 142 valence electrons. The Bertz CT molecular complexity index is 504. The normalized spacial score (nSPS) is 34.7. The summed E-state index contributed by atoms with van der Waals surface area (Å²) >= 11 is 0. The van der Waals surface area contributed by atoms with Crippen molar-refractivity contribution in [3.05, 3.63) is 35.9 Å². The lowest BCUT2D eigenvalue weighted by atomic mass is 9.53. The van der Waals surface area contributed by atoms with Crippen molar-refractivity contribution in [3.63, 3.8) is 0 Å². The van der Waals surface area contributed by atoms with Crippen LogP contribution >= 0.6 is 24.8 Å². The molecule has 4 aliphatic rings. The summed E-state index contributed by atoms with van der Waals surface area (Å²) in [5.41, 5.74) is 7.75. The lowest BCUT2D eigenvalue weighted by Gasteiger charge is -2.57. The van der Waals surface area contributed by atoms with E-state index in [1.54, 1.807) is 0 Å². The van der Waals surface area contributed by atoms with Crippen LogP contribution in [-0.2, 0) is 6.42 Å². The number of hydrogen-bond acceptors (Lipinski definition) is 3. The zero-order valence-corrected chi connectivity index (χ0v) is 16.4. The van der Waals surface area contributed by atoms with Gasteiger partial charge < -0.3 is 16.2 Å². The summed E-state index contributed by atoms with van der Waals surface area (Å²) in [5.74, 6) is 2.80. The van der Waals surface area contributed by atoms with Crippen molar-refractivity contribution in [3.8, 4) is 0 Å². The fourth-order valence-electron chi connectivity index (χ4n) is 5.82. The first kappa shape index (κ1) is 21.0. The third-order valence-corrected chi connectivity index (χ3v) is 6.53. The Morgan fingerprint density at radius 3 is 2.04 bits per heavy atom. The zero-order chi connectivity index (χ0) is 15.9. The van der Waals surface area contributed by atoms with Gasteiger partial charge in [0.2, 0.25) is 0 Å². The monoisotopic (exact) mass is 386 g/mol. The van der Waals surface area contributed by atoms with Gasteiger partial charge in [-0.1, -0.05) is 30.3 Å². The van der Waals surface area contributed by atoms with E-state index in [0.717, 1.165) is 24.2 Å². The molecule has 0 aliphatic heterocycles. The van der Waals surface area contributed by atoms with Gasteiger partial charge in [0.1, 0.15) is 0 Å². The van der Waals surface area contributed by atoms with Crippen molar-refractivity contribution < 1.29 is 5.11 Å². The van der Waals surface area contributed by atoms with E-state index in [0.29, 0.717) is 12.1 Å². The third kappa shape index (κ3) is 4.70. The first-order valence-electron chi connectivity index (χ1n) is 9.34. The van der Waals surface area contributed by atoms with Crippen LogP contribution in [0.5, 0.6) is 0 Å². The highest BCUT2D eigenvalue weighted by Crippen LogP contribution is 2.55. The van der Waals surface area contributed by atoms with E-state index in [-0.39, 0.29) is 30.9 Å². The molecule has 0 aromatic heterocycles. The molecular weight excluding hydrogens is 355 g/mol. The van der Waals surface area contributed by atoms with Crippen LogP contribution in [0.25, 0.3) is 0 Å². The number of nitrogens with two attached hydrogens (primary N) is 1. The van der Waals surface area contributed by atoms with Crippen molar-refractivity contribution in [1.82, 2.24) is 5.32 Å². The van der Waals surface area contributed by atoms with Gasteiger partial charge in [-0.3, -0.25) is 0 Å². The van der Waals surface area contributed by atoms with Crippen molar-refractivity contribution in [2.75, 3.05) is 6.54 Å². The Kier molecular flexibility index (Phi) is 7.20. The molecule has 2 atom stereocenters. The fraction of sp³-hybridized carbons (Fsp3) is 0.700. The van der Waals surface area contributed by atoms with E-state index in [4.69, 9.17) is 5.73 Å². The number of nitrogens with one attached hydrogen (secondary N) is 1. The van der Waals surface area contributed by atoms with Gasteiger partial charge in [0, 0.05) is 18.1 Å². The van der Waals surface area contributed by atoms with Crippen molar-refractivity contribution >= 4 is 24.8 Å². The number of β-amino-alcohol motifs (C(OH)–C–C–N with tert-alkyl or cyclic N) is 1. The molecule has 0 unspecified atom stereocenters. The highest BCUT2D eigenvalue weighted by molar-refractivity contribution is 5.85. The number of benzene rings is 1. The largest absolute Gasteiger partial charge is 0.390 e. The van der Waals surface area contributed by atoms with E-state index >= 15 is 0 Å².